The quantitative estimate of drug-likeness (QED) is 0.573. The molecule has 0 aromatic carbocycles. The molecule has 0 aliphatic carbocycles. The van der Waals surface area contributed by atoms with Crippen LogP contribution in [-0.2, 0) is 4.74 Å². The Balaban J connectivity index is 1.24. The van der Waals surface area contributed by atoms with Crippen LogP contribution >= 0.6 is 0 Å². The fourth-order valence-electron chi connectivity index (χ4n) is 5.40. The van der Waals surface area contributed by atoms with Gasteiger partial charge in [-0.25, -0.2) is 18.3 Å². The molecule has 3 saturated heterocycles. The number of rotatable bonds is 6. The summed E-state index contributed by atoms with van der Waals surface area (Å²) in [6, 6.07) is 2.17. The molecule has 0 radical (unpaired) electrons. The van der Waals surface area contributed by atoms with E-state index in [0.29, 0.717) is 12.3 Å². The third kappa shape index (κ3) is 4.04. The van der Waals surface area contributed by atoms with E-state index in [2.05, 4.69) is 37.2 Å². The molecule has 3 aliphatic heterocycles. The summed E-state index contributed by atoms with van der Waals surface area (Å²) in [6.45, 7) is 6.30. The Morgan fingerprint density at radius 2 is 2.11 bits per heavy atom. The number of morpholine rings is 1. The summed E-state index contributed by atoms with van der Waals surface area (Å²) in [5.74, 6) is 0.209. The van der Waals surface area contributed by atoms with Gasteiger partial charge in [-0.1, -0.05) is 6.92 Å². The average molecular weight is 487 g/mol. The predicted molar refractivity (Wildman–Crippen MR) is 124 cm³/mol. The van der Waals surface area contributed by atoms with Crippen LogP contribution in [0.25, 0.3) is 5.65 Å². The molecule has 3 aromatic heterocycles. The van der Waals surface area contributed by atoms with E-state index in [-0.39, 0.29) is 29.4 Å². The van der Waals surface area contributed by atoms with Gasteiger partial charge in [0.2, 0.25) is 0 Å². The van der Waals surface area contributed by atoms with Crippen LogP contribution in [0, 0.1) is 0 Å². The van der Waals surface area contributed by atoms with Crippen molar-refractivity contribution in [1.82, 2.24) is 29.3 Å². The van der Waals surface area contributed by atoms with E-state index < -0.39 is 18.0 Å². The molecule has 0 unspecified atom stereocenters. The Kier molecular flexibility index (Phi) is 5.64. The van der Waals surface area contributed by atoms with Crippen molar-refractivity contribution >= 4 is 23.1 Å². The number of carbonyl (C=O) groups excluding carboxylic acids is 1. The minimum atomic E-state index is -2.80. The second-order valence-corrected chi connectivity index (χ2v) is 9.44. The van der Waals surface area contributed by atoms with Crippen LogP contribution < -0.4 is 10.2 Å². The predicted octanol–water partition coefficient (Wildman–Crippen LogP) is 2.75. The molecule has 2 atom stereocenters. The fraction of sp³-hybridized carbons (Fsp3) is 0.565. The molecule has 1 N–H and O–H groups in total. The number of hydrogen-bond acceptors (Lipinski definition) is 7. The molecule has 6 rings (SSSR count). The van der Waals surface area contributed by atoms with E-state index in [1.54, 1.807) is 10.9 Å². The van der Waals surface area contributed by atoms with Gasteiger partial charge in [0.1, 0.15) is 11.4 Å². The van der Waals surface area contributed by atoms with E-state index in [9.17, 15) is 13.6 Å². The second kappa shape index (κ2) is 8.83. The Hall–Kier alpha value is -3.12. The van der Waals surface area contributed by atoms with Crippen molar-refractivity contribution in [2.75, 3.05) is 43.0 Å². The largest absolute Gasteiger partial charge is 0.374 e. The Labute approximate surface area is 200 Å². The van der Waals surface area contributed by atoms with E-state index in [4.69, 9.17) is 4.74 Å². The second-order valence-electron chi connectivity index (χ2n) is 9.44. The van der Waals surface area contributed by atoms with Crippen molar-refractivity contribution in [2.24, 2.45) is 0 Å². The zero-order valence-corrected chi connectivity index (χ0v) is 19.5. The number of aromatic nitrogens is 5. The maximum Gasteiger partial charge on any atom is 0.284 e. The number of fused-ring (bicyclic) bond motifs is 3. The summed E-state index contributed by atoms with van der Waals surface area (Å²) in [5, 5.41) is 11.0. The van der Waals surface area contributed by atoms with Crippen molar-refractivity contribution in [1.29, 1.82) is 0 Å². The van der Waals surface area contributed by atoms with Crippen molar-refractivity contribution in [3.63, 3.8) is 0 Å². The lowest BCUT2D eigenvalue weighted by Gasteiger charge is -2.31. The summed E-state index contributed by atoms with van der Waals surface area (Å²) in [7, 11) is 0. The van der Waals surface area contributed by atoms with Crippen molar-refractivity contribution < 1.29 is 18.3 Å². The first-order chi connectivity index (χ1) is 17.0. The van der Waals surface area contributed by atoms with Gasteiger partial charge in [0.15, 0.2) is 11.3 Å². The fourth-order valence-corrected chi connectivity index (χ4v) is 5.40. The first-order valence-electron chi connectivity index (χ1n) is 12.1. The van der Waals surface area contributed by atoms with Crippen molar-refractivity contribution in [3.05, 3.63) is 35.9 Å². The summed E-state index contributed by atoms with van der Waals surface area (Å²) < 4.78 is 36.3. The number of nitrogens with zero attached hydrogens (tertiary/aromatic N) is 7. The molecular weight excluding hydrogens is 458 g/mol. The molecule has 6 heterocycles. The van der Waals surface area contributed by atoms with Crippen LogP contribution in [0.5, 0.6) is 0 Å². The van der Waals surface area contributed by atoms with Crippen LogP contribution in [0.4, 0.5) is 20.3 Å². The van der Waals surface area contributed by atoms with Crippen LogP contribution in [0.3, 0.4) is 0 Å². The molecule has 12 heteroatoms. The van der Waals surface area contributed by atoms with Gasteiger partial charge in [0.05, 0.1) is 36.7 Å². The maximum atomic E-state index is 13.8. The Morgan fingerprint density at radius 3 is 2.80 bits per heavy atom. The molecule has 35 heavy (non-hydrogen) atoms. The van der Waals surface area contributed by atoms with Crippen LogP contribution in [-0.4, -0.2) is 80.1 Å². The van der Waals surface area contributed by atoms with E-state index >= 15 is 0 Å². The van der Waals surface area contributed by atoms with Gasteiger partial charge in [0.25, 0.3) is 12.3 Å². The molecule has 0 saturated carbocycles. The Morgan fingerprint density at radius 1 is 1.29 bits per heavy atom. The van der Waals surface area contributed by atoms with Crippen LogP contribution in [0.1, 0.15) is 54.7 Å². The van der Waals surface area contributed by atoms with Gasteiger partial charge in [-0.15, -0.1) is 0 Å². The van der Waals surface area contributed by atoms with Gasteiger partial charge >= 0.3 is 0 Å². The summed E-state index contributed by atoms with van der Waals surface area (Å²) in [4.78, 5) is 22.4. The molecular formula is C23H28F2N8O2. The minimum absolute atomic E-state index is 0.0208. The van der Waals surface area contributed by atoms with E-state index in [1.807, 2.05) is 6.07 Å². The number of carbonyl (C=O) groups is 1. The number of nitrogens with one attached hydrogen (secondary N) is 1. The van der Waals surface area contributed by atoms with Gasteiger partial charge < -0.3 is 19.9 Å². The first-order valence-corrected chi connectivity index (χ1v) is 12.1. The number of anilines is 2. The van der Waals surface area contributed by atoms with Gasteiger partial charge in [-0.3, -0.25) is 9.48 Å². The topological polar surface area (TPSA) is 92.8 Å². The lowest BCUT2D eigenvalue weighted by atomic mass is 10.1. The summed E-state index contributed by atoms with van der Waals surface area (Å²) in [6.07, 6.45) is 4.73. The normalized spacial score (nSPS) is 23.1. The molecule has 10 nitrogen and oxygen atoms in total. The zero-order chi connectivity index (χ0) is 24.1. The van der Waals surface area contributed by atoms with Crippen LogP contribution in [0.2, 0.25) is 0 Å². The highest BCUT2D eigenvalue weighted by molar-refractivity contribution is 6.08. The van der Waals surface area contributed by atoms with Crippen LogP contribution in [0.15, 0.2) is 24.7 Å². The van der Waals surface area contributed by atoms with E-state index in [0.717, 1.165) is 51.3 Å². The molecule has 3 fully saturated rings. The lowest BCUT2D eigenvalue weighted by molar-refractivity contribution is 0.0988. The molecule has 186 valence electrons. The average Bonchev–Trinajstić information content (AvgIpc) is 3.66. The number of piperidine rings is 1. The molecule has 3 aromatic rings. The highest BCUT2D eigenvalue weighted by atomic mass is 19.3. The molecule has 0 spiro atoms. The third-order valence-corrected chi connectivity index (χ3v) is 7.39. The Bertz CT molecular complexity index is 1240. The minimum Gasteiger partial charge on any atom is -0.374 e. The lowest BCUT2D eigenvalue weighted by Crippen LogP contribution is -2.37. The molecule has 1 amide bonds. The van der Waals surface area contributed by atoms with Gasteiger partial charge in [0, 0.05) is 32.0 Å². The summed E-state index contributed by atoms with van der Waals surface area (Å²) >= 11 is 0. The van der Waals surface area contributed by atoms with Gasteiger partial charge in [-0.2, -0.15) is 10.2 Å². The number of halogens is 2. The molecule has 3 aliphatic rings. The highest BCUT2D eigenvalue weighted by Gasteiger charge is 2.39. The van der Waals surface area contributed by atoms with Crippen molar-refractivity contribution in [2.45, 2.75) is 50.8 Å². The smallest absolute Gasteiger partial charge is 0.284 e. The zero-order valence-electron chi connectivity index (χ0n) is 19.5. The number of likely N-dealkylation sites (tertiary alicyclic amines) is 1. The van der Waals surface area contributed by atoms with E-state index in [1.165, 1.54) is 16.9 Å². The van der Waals surface area contributed by atoms with Gasteiger partial charge in [-0.05, 0) is 31.9 Å². The maximum absolute atomic E-state index is 13.8. The first kappa shape index (κ1) is 22.4. The number of amides is 1. The number of alkyl halides is 2. The standard InChI is InChI=1S/C23H28F2N8O2/c1-2-30-6-3-14(4-7-30)33-12-18(20(29-33)21(24)25)27-23(34)17-10-26-32-8-5-19(28-22(17)32)31-11-16-9-15(31)13-35-16/h5,8,10,12,14-16,21H,2-4,6-7,9,11,13H2,1H3,(H,27,34)/t15-,16-/m0/s1. The monoisotopic (exact) mass is 486 g/mol. The van der Waals surface area contributed by atoms with Crippen molar-refractivity contribution in [3.8, 4) is 0 Å². The molecule has 2 bridgehead atoms. The summed E-state index contributed by atoms with van der Waals surface area (Å²) in [5.41, 5.74) is 0.195. The number of ether oxygens (including phenoxy) is 1. The SMILES string of the molecule is CCN1CCC(n2cc(NC(=O)c3cnn4ccc(N5C[C@@H]6C[C@H]5CO6)nc34)c(C(F)F)n2)CC1. The highest BCUT2D eigenvalue weighted by Crippen LogP contribution is 2.33. The third-order valence-electron chi connectivity index (χ3n) is 7.39. The number of hydrogen-bond donors (Lipinski definition) is 1.